The van der Waals surface area contributed by atoms with Crippen LogP contribution in [0.25, 0.3) is 0 Å². The summed E-state index contributed by atoms with van der Waals surface area (Å²) in [6, 6.07) is 1.64. The number of rotatable bonds is 6. The summed E-state index contributed by atoms with van der Waals surface area (Å²) in [5, 5.41) is 3.80. The quantitative estimate of drug-likeness (QED) is 0.792. The van der Waals surface area contributed by atoms with Crippen LogP contribution in [0, 0.1) is 5.92 Å². The second-order valence-electron chi connectivity index (χ2n) is 6.84. The summed E-state index contributed by atoms with van der Waals surface area (Å²) in [5.74, 6) is 0.982. The molecule has 19 heavy (non-hydrogen) atoms. The molecule has 2 aliphatic heterocycles. The van der Waals surface area contributed by atoms with Crippen LogP contribution in [0.2, 0.25) is 0 Å². The first kappa shape index (κ1) is 13.8. The Hall–Kier alpha value is -0.120. The zero-order valence-corrected chi connectivity index (χ0v) is 12.6. The minimum absolute atomic E-state index is 0.773. The van der Waals surface area contributed by atoms with Crippen LogP contribution in [0.3, 0.4) is 0 Å². The summed E-state index contributed by atoms with van der Waals surface area (Å²) >= 11 is 0. The number of hydrogen-bond acceptors (Lipinski definition) is 3. The molecule has 3 rings (SSSR count). The fraction of sp³-hybridized carbons (Fsp3) is 1.00. The van der Waals surface area contributed by atoms with Crippen LogP contribution in [0.1, 0.15) is 45.4 Å². The molecule has 1 aliphatic carbocycles. The van der Waals surface area contributed by atoms with Gasteiger partial charge in [0.05, 0.1) is 0 Å². The Labute approximate surface area is 118 Å². The molecule has 3 fully saturated rings. The van der Waals surface area contributed by atoms with E-state index in [-0.39, 0.29) is 0 Å². The molecule has 2 unspecified atom stereocenters. The third-order valence-electron chi connectivity index (χ3n) is 5.22. The van der Waals surface area contributed by atoms with Crippen LogP contribution in [0.4, 0.5) is 0 Å². The molecule has 1 N–H and O–H groups in total. The van der Waals surface area contributed by atoms with E-state index in [1.807, 2.05) is 0 Å². The smallest absolute Gasteiger partial charge is 0.0223 e. The van der Waals surface area contributed by atoms with Gasteiger partial charge < -0.3 is 5.32 Å². The molecule has 0 radical (unpaired) electrons. The van der Waals surface area contributed by atoms with Gasteiger partial charge in [0.1, 0.15) is 0 Å². The maximum absolute atomic E-state index is 3.80. The van der Waals surface area contributed by atoms with Gasteiger partial charge in [0.2, 0.25) is 0 Å². The maximum atomic E-state index is 3.80. The van der Waals surface area contributed by atoms with Crippen molar-refractivity contribution < 1.29 is 0 Å². The molecule has 2 heterocycles. The Morgan fingerprint density at radius 1 is 1.11 bits per heavy atom. The number of piperazine rings is 1. The molecule has 3 aliphatic rings. The summed E-state index contributed by atoms with van der Waals surface area (Å²) in [7, 11) is 0. The highest BCUT2D eigenvalue weighted by atomic mass is 15.3. The van der Waals surface area contributed by atoms with E-state index in [1.54, 1.807) is 0 Å². The number of fused-ring (bicyclic) bond motifs is 1. The van der Waals surface area contributed by atoms with Crippen molar-refractivity contribution in [1.29, 1.82) is 0 Å². The number of hydrogen-bond donors (Lipinski definition) is 1. The third kappa shape index (κ3) is 3.71. The van der Waals surface area contributed by atoms with Gasteiger partial charge in [-0.3, -0.25) is 9.80 Å². The van der Waals surface area contributed by atoms with Crippen LogP contribution in [-0.2, 0) is 0 Å². The second-order valence-corrected chi connectivity index (χ2v) is 6.84. The lowest BCUT2D eigenvalue weighted by atomic mass is 9.99. The second kappa shape index (κ2) is 6.55. The predicted molar refractivity (Wildman–Crippen MR) is 80.5 cm³/mol. The molecular weight excluding hydrogens is 234 g/mol. The summed E-state index contributed by atoms with van der Waals surface area (Å²) < 4.78 is 0. The first-order valence-corrected chi connectivity index (χ1v) is 8.56. The van der Waals surface area contributed by atoms with Crippen LogP contribution >= 0.6 is 0 Å². The molecule has 0 aromatic rings. The molecule has 2 saturated heterocycles. The summed E-state index contributed by atoms with van der Waals surface area (Å²) in [6.45, 7) is 10.1. The first-order chi connectivity index (χ1) is 9.36. The van der Waals surface area contributed by atoms with Gasteiger partial charge in [0, 0.05) is 38.3 Å². The average Bonchev–Trinajstić information content (AvgIpc) is 3.28. The normalized spacial score (nSPS) is 31.1. The van der Waals surface area contributed by atoms with E-state index in [1.165, 1.54) is 77.8 Å². The first-order valence-electron chi connectivity index (χ1n) is 8.56. The Bertz CT molecular complexity index is 277. The van der Waals surface area contributed by atoms with E-state index in [0.29, 0.717) is 0 Å². The topological polar surface area (TPSA) is 18.5 Å². The van der Waals surface area contributed by atoms with Crippen molar-refractivity contribution in [1.82, 2.24) is 15.1 Å². The van der Waals surface area contributed by atoms with Gasteiger partial charge in [0.25, 0.3) is 0 Å². The van der Waals surface area contributed by atoms with Crippen molar-refractivity contribution in [3.05, 3.63) is 0 Å². The highest BCUT2D eigenvalue weighted by Gasteiger charge is 2.34. The molecule has 3 nitrogen and oxygen atoms in total. The summed E-state index contributed by atoms with van der Waals surface area (Å²) in [4.78, 5) is 5.49. The Morgan fingerprint density at radius 2 is 2.00 bits per heavy atom. The maximum Gasteiger partial charge on any atom is 0.0223 e. The Balaban J connectivity index is 1.48. The molecule has 2 atom stereocenters. The lowest BCUT2D eigenvalue weighted by Gasteiger charge is -2.45. The zero-order chi connectivity index (χ0) is 13.1. The van der Waals surface area contributed by atoms with Gasteiger partial charge in [-0.05, 0) is 51.1 Å². The molecule has 0 amide bonds. The van der Waals surface area contributed by atoms with E-state index in [2.05, 4.69) is 22.0 Å². The molecular formula is C16H31N3. The van der Waals surface area contributed by atoms with Crippen LogP contribution in [-0.4, -0.2) is 61.2 Å². The highest BCUT2D eigenvalue weighted by molar-refractivity contribution is 4.91. The van der Waals surface area contributed by atoms with Crippen molar-refractivity contribution in [3.8, 4) is 0 Å². The highest BCUT2D eigenvalue weighted by Crippen LogP contribution is 2.33. The van der Waals surface area contributed by atoms with Crippen LogP contribution in [0.15, 0.2) is 0 Å². The average molecular weight is 265 g/mol. The SMILES string of the molecule is CCCNC(CN1CCN2CCCCC2C1)C1CC1. The monoisotopic (exact) mass is 265 g/mol. The predicted octanol–water partition coefficient (Wildman–Crippen LogP) is 1.93. The molecule has 0 spiro atoms. The van der Waals surface area contributed by atoms with Gasteiger partial charge in [-0.15, -0.1) is 0 Å². The minimum Gasteiger partial charge on any atom is -0.312 e. The van der Waals surface area contributed by atoms with Crippen molar-refractivity contribution in [2.24, 2.45) is 5.92 Å². The van der Waals surface area contributed by atoms with E-state index in [0.717, 1.165) is 18.0 Å². The fourth-order valence-electron chi connectivity index (χ4n) is 3.87. The minimum atomic E-state index is 0.773. The number of piperidine rings is 1. The van der Waals surface area contributed by atoms with Gasteiger partial charge in [0.15, 0.2) is 0 Å². The largest absolute Gasteiger partial charge is 0.312 e. The summed E-state index contributed by atoms with van der Waals surface area (Å²) in [6.07, 6.45) is 8.51. The van der Waals surface area contributed by atoms with Crippen molar-refractivity contribution in [2.75, 3.05) is 39.3 Å². The summed E-state index contributed by atoms with van der Waals surface area (Å²) in [5.41, 5.74) is 0. The standard InChI is InChI=1S/C16H31N3/c1-2-8-17-16(14-6-7-14)13-18-10-11-19-9-4-3-5-15(19)12-18/h14-17H,2-13H2,1H3. The molecule has 110 valence electrons. The Morgan fingerprint density at radius 3 is 2.79 bits per heavy atom. The van der Waals surface area contributed by atoms with Crippen molar-refractivity contribution in [2.45, 2.75) is 57.5 Å². The van der Waals surface area contributed by atoms with Crippen molar-refractivity contribution >= 4 is 0 Å². The Kier molecular flexibility index (Phi) is 4.78. The third-order valence-corrected chi connectivity index (χ3v) is 5.22. The molecule has 0 aromatic heterocycles. The molecule has 0 bridgehead atoms. The zero-order valence-electron chi connectivity index (χ0n) is 12.6. The van der Waals surface area contributed by atoms with E-state index >= 15 is 0 Å². The molecule has 3 heteroatoms. The van der Waals surface area contributed by atoms with Crippen molar-refractivity contribution in [3.63, 3.8) is 0 Å². The fourth-order valence-corrected chi connectivity index (χ4v) is 3.87. The van der Waals surface area contributed by atoms with E-state index < -0.39 is 0 Å². The molecule has 1 saturated carbocycles. The van der Waals surface area contributed by atoms with E-state index in [9.17, 15) is 0 Å². The van der Waals surface area contributed by atoms with Gasteiger partial charge >= 0.3 is 0 Å². The van der Waals surface area contributed by atoms with Gasteiger partial charge in [-0.2, -0.15) is 0 Å². The number of nitrogens with one attached hydrogen (secondary N) is 1. The van der Waals surface area contributed by atoms with Crippen LogP contribution in [0.5, 0.6) is 0 Å². The van der Waals surface area contributed by atoms with E-state index in [4.69, 9.17) is 0 Å². The van der Waals surface area contributed by atoms with Gasteiger partial charge in [-0.25, -0.2) is 0 Å². The lowest BCUT2D eigenvalue weighted by Crippen LogP contribution is -2.57. The van der Waals surface area contributed by atoms with Gasteiger partial charge in [-0.1, -0.05) is 13.3 Å². The lowest BCUT2D eigenvalue weighted by molar-refractivity contribution is 0.0435. The number of nitrogens with zero attached hydrogens (tertiary/aromatic N) is 2. The van der Waals surface area contributed by atoms with Crippen LogP contribution < -0.4 is 5.32 Å². The molecule has 0 aromatic carbocycles.